The highest BCUT2D eigenvalue weighted by Gasteiger charge is 2.21. The Morgan fingerprint density at radius 1 is 1.50 bits per heavy atom. The molecule has 0 aromatic heterocycles. The topological polar surface area (TPSA) is 72.2 Å². The van der Waals surface area contributed by atoms with Crippen molar-refractivity contribution in [1.29, 1.82) is 0 Å². The van der Waals surface area contributed by atoms with Crippen LogP contribution >= 0.6 is 15.9 Å². The summed E-state index contributed by atoms with van der Waals surface area (Å²) in [7, 11) is -3.92. The molecule has 0 saturated carbocycles. The molecule has 0 aliphatic rings. The van der Waals surface area contributed by atoms with E-state index in [1.54, 1.807) is 0 Å². The number of hydrogen-bond donors (Lipinski definition) is 2. The molecule has 0 unspecified atom stereocenters. The molecule has 1 rings (SSSR count). The number of sulfonamides is 1. The first-order chi connectivity index (χ1) is 8.38. The van der Waals surface area contributed by atoms with Gasteiger partial charge in [-0.25, -0.2) is 17.5 Å². The molecule has 0 atom stereocenters. The van der Waals surface area contributed by atoms with Crippen LogP contribution in [0, 0.1) is 18.2 Å². The van der Waals surface area contributed by atoms with Crippen molar-refractivity contribution >= 4 is 31.6 Å². The highest BCUT2D eigenvalue weighted by atomic mass is 79.9. The van der Waals surface area contributed by atoms with Crippen LogP contribution in [0.15, 0.2) is 21.5 Å². The molecular weight excluding hydrogens is 323 g/mol. The molecule has 0 aliphatic carbocycles. The van der Waals surface area contributed by atoms with Crippen LogP contribution in [0.4, 0.5) is 10.1 Å². The Balaban J connectivity index is 2.96. The van der Waals surface area contributed by atoms with E-state index in [4.69, 9.17) is 12.2 Å². The van der Waals surface area contributed by atoms with Gasteiger partial charge in [-0.05, 0) is 34.5 Å². The van der Waals surface area contributed by atoms with E-state index in [0.29, 0.717) is 12.8 Å². The Kier molecular flexibility index (Phi) is 5.14. The highest BCUT2D eigenvalue weighted by Crippen LogP contribution is 2.25. The van der Waals surface area contributed by atoms with Crippen molar-refractivity contribution in [3.63, 3.8) is 0 Å². The lowest BCUT2D eigenvalue weighted by atomic mass is 10.3. The van der Waals surface area contributed by atoms with Gasteiger partial charge in [0.15, 0.2) is 5.82 Å². The SMILES string of the molecule is C#CCCCNS(=O)(=O)c1cc(N)cc(Br)c1F. The average Bonchev–Trinajstić information content (AvgIpc) is 2.29. The third-order valence-electron chi connectivity index (χ3n) is 2.10. The number of hydrogen-bond acceptors (Lipinski definition) is 3. The van der Waals surface area contributed by atoms with Gasteiger partial charge in [0.05, 0.1) is 4.47 Å². The van der Waals surface area contributed by atoms with Crippen molar-refractivity contribution in [2.24, 2.45) is 0 Å². The maximum absolute atomic E-state index is 13.7. The summed E-state index contributed by atoms with van der Waals surface area (Å²) in [5.41, 5.74) is 5.65. The number of benzene rings is 1. The molecule has 0 bridgehead atoms. The van der Waals surface area contributed by atoms with Gasteiger partial charge in [-0.2, -0.15) is 0 Å². The maximum atomic E-state index is 13.7. The Bertz CT molecular complexity index is 581. The Labute approximate surface area is 114 Å². The molecule has 0 spiro atoms. The first kappa shape index (κ1) is 15.0. The second kappa shape index (κ2) is 6.18. The third kappa shape index (κ3) is 3.70. The van der Waals surface area contributed by atoms with Crippen LogP contribution in [0.2, 0.25) is 0 Å². The summed E-state index contributed by atoms with van der Waals surface area (Å²) in [5.74, 6) is 1.52. The second-order valence-corrected chi connectivity index (χ2v) is 6.11. The van der Waals surface area contributed by atoms with Crippen LogP contribution in [0.25, 0.3) is 0 Å². The van der Waals surface area contributed by atoms with Gasteiger partial charge in [0.2, 0.25) is 10.0 Å². The van der Waals surface area contributed by atoms with Crippen molar-refractivity contribution < 1.29 is 12.8 Å². The number of halogens is 2. The van der Waals surface area contributed by atoms with E-state index in [-0.39, 0.29) is 16.7 Å². The van der Waals surface area contributed by atoms with Crippen molar-refractivity contribution in [3.8, 4) is 12.3 Å². The molecule has 4 nitrogen and oxygen atoms in total. The molecule has 1 aromatic rings. The predicted molar refractivity (Wildman–Crippen MR) is 71.8 cm³/mol. The summed E-state index contributed by atoms with van der Waals surface area (Å²) < 4.78 is 39.7. The summed E-state index contributed by atoms with van der Waals surface area (Å²) in [6, 6.07) is 2.37. The van der Waals surface area contributed by atoms with Gasteiger partial charge < -0.3 is 5.73 Å². The van der Waals surface area contributed by atoms with E-state index in [1.807, 2.05) is 0 Å². The lowest BCUT2D eigenvalue weighted by Gasteiger charge is -2.09. The molecule has 18 heavy (non-hydrogen) atoms. The van der Waals surface area contributed by atoms with Crippen LogP contribution in [0.1, 0.15) is 12.8 Å². The zero-order valence-corrected chi connectivity index (χ0v) is 11.8. The van der Waals surface area contributed by atoms with Gasteiger partial charge in [-0.3, -0.25) is 0 Å². The minimum atomic E-state index is -3.92. The minimum absolute atomic E-state index is 0.00602. The number of rotatable bonds is 5. The van der Waals surface area contributed by atoms with Gasteiger partial charge in [-0.1, -0.05) is 0 Å². The molecule has 0 radical (unpaired) electrons. The Morgan fingerprint density at radius 3 is 2.78 bits per heavy atom. The quantitative estimate of drug-likeness (QED) is 0.490. The van der Waals surface area contributed by atoms with E-state index in [9.17, 15) is 12.8 Å². The van der Waals surface area contributed by atoms with Crippen LogP contribution in [-0.4, -0.2) is 15.0 Å². The number of nitrogen functional groups attached to an aromatic ring is 1. The zero-order valence-electron chi connectivity index (χ0n) is 9.41. The second-order valence-electron chi connectivity index (χ2n) is 3.52. The zero-order chi connectivity index (χ0) is 13.8. The normalized spacial score (nSPS) is 11.2. The fraction of sp³-hybridized carbons (Fsp3) is 0.273. The maximum Gasteiger partial charge on any atom is 0.243 e. The minimum Gasteiger partial charge on any atom is -0.399 e. The Hall–Kier alpha value is -1.10. The summed E-state index contributed by atoms with van der Waals surface area (Å²) in [5, 5.41) is 0. The average molecular weight is 335 g/mol. The number of terminal acetylenes is 1. The van der Waals surface area contributed by atoms with Gasteiger partial charge in [-0.15, -0.1) is 12.3 Å². The number of unbranched alkanes of at least 4 members (excludes halogenated alkanes) is 1. The lowest BCUT2D eigenvalue weighted by Crippen LogP contribution is -2.25. The number of nitrogens with one attached hydrogen (secondary N) is 1. The predicted octanol–water partition coefficient (Wildman–Crippen LogP) is 1.86. The molecule has 7 heteroatoms. The van der Waals surface area contributed by atoms with Crippen molar-refractivity contribution in [2.45, 2.75) is 17.7 Å². The van der Waals surface area contributed by atoms with Crippen LogP contribution in [0.5, 0.6) is 0 Å². The van der Waals surface area contributed by atoms with E-state index < -0.39 is 20.7 Å². The fourth-order valence-electron chi connectivity index (χ4n) is 1.25. The molecule has 98 valence electrons. The standard InChI is InChI=1S/C11H12BrFN2O2S/c1-2-3-4-5-15-18(16,17)10-7-8(14)6-9(12)11(10)13/h1,6-7,15H,3-5,14H2. The van der Waals surface area contributed by atoms with Crippen molar-refractivity contribution in [3.05, 3.63) is 22.4 Å². The molecule has 0 fully saturated rings. The van der Waals surface area contributed by atoms with Gasteiger partial charge in [0.25, 0.3) is 0 Å². The molecule has 3 N–H and O–H groups in total. The molecule has 1 aromatic carbocycles. The molecular formula is C11H12BrFN2O2S. The van der Waals surface area contributed by atoms with Gasteiger partial charge in [0, 0.05) is 18.7 Å². The molecule has 0 heterocycles. The number of anilines is 1. The van der Waals surface area contributed by atoms with E-state index in [1.165, 1.54) is 6.07 Å². The number of nitrogens with two attached hydrogens (primary N) is 1. The van der Waals surface area contributed by atoms with E-state index in [0.717, 1.165) is 6.07 Å². The largest absolute Gasteiger partial charge is 0.399 e. The molecule has 0 saturated heterocycles. The highest BCUT2D eigenvalue weighted by molar-refractivity contribution is 9.10. The van der Waals surface area contributed by atoms with Crippen molar-refractivity contribution in [1.82, 2.24) is 4.72 Å². The van der Waals surface area contributed by atoms with E-state index >= 15 is 0 Å². The van der Waals surface area contributed by atoms with Crippen LogP contribution < -0.4 is 10.5 Å². The van der Waals surface area contributed by atoms with Crippen LogP contribution in [-0.2, 0) is 10.0 Å². The van der Waals surface area contributed by atoms with Gasteiger partial charge >= 0.3 is 0 Å². The Morgan fingerprint density at radius 2 is 2.17 bits per heavy atom. The molecule has 0 amide bonds. The monoisotopic (exact) mass is 334 g/mol. The summed E-state index contributed by atoms with van der Waals surface area (Å²) in [6.45, 7) is 0.151. The third-order valence-corrected chi connectivity index (χ3v) is 4.13. The smallest absolute Gasteiger partial charge is 0.243 e. The lowest BCUT2D eigenvalue weighted by molar-refractivity contribution is 0.553. The first-order valence-corrected chi connectivity index (χ1v) is 7.33. The van der Waals surface area contributed by atoms with Crippen molar-refractivity contribution in [2.75, 3.05) is 12.3 Å². The van der Waals surface area contributed by atoms with Gasteiger partial charge in [0.1, 0.15) is 4.90 Å². The molecule has 0 aliphatic heterocycles. The van der Waals surface area contributed by atoms with Crippen LogP contribution in [0.3, 0.4) is 0 Å². The summed E-state index contributed by atoms with van der Waals surface area (Å²) in [4.78, 5) is -0.477. The first-order valence-electron chi connectivity index (χ1n) is 5.06. The summed E-state index contributed by atoms with van der Waals surface area (Å²) in [6.07, 6.45) is 5.98. The summed E-state index contributed by atoms with van der Waals surface area (Å²) >= 11 is 2.91. The fourth-order valence-corrected chi connectivity index (χ4v) is 3.07. The van der Waals surface area contributed by atoms with E-state index in [2.05, 4.69) is 26.6 Å².